The molecule has 0 bridgehead atoms. The van der Waals surface area contributed by atoms with Crippen molar-refractivity contribution in [2.75, 3.05) is 55.6 Å². The number of hydrogen-bond acceptors (Lipinski definition) is 9. The van der Waals surface area contributed by atoms with E-state index < -0.39 is 35.5 Å². The van der Waals surface area contributed by atoms with Crippen molar-refractivity contribution in [1.29, 1.82) is 0 Å². The number of piperazine rings is 1. The monoisotopic (exact) mass is 687 g/mol. The molecular weight excluding hydrogens is 641 g/mol. The van der Waals surface area contributed by atoms with Gasteiger partial charge in [-0.2, -0.15) is 0 Å². The smallest absolute Gasteiger partial charge is 0.262 e. The average Bonchev–Trinajstić information content (AvgIpc) is 3.32. The molecule has 2 N–H and O–H groups in total. The maximum Gasteiger partial charge on any atom is 0.262 e. The first-order valence-electron chi connectivity index (χ1n) is 17.8. The highest BCUT2D eigenvalue weighted by Gasteiger charge is 2.53. The van der Waals surface area contributed by atoms with Crippen molar-refractivity contribution in [1.82, 2.24) is 25.4 Å². The van der Waals surface area contributed by atoms with Crippen LogP contribution in [-0.2, 0) is 9.59 Å². The maximum atomic E-state index is 15.3. The summed E-state index contributed by atoms with van der Waals surface area (Å²) in [6.07, 6.45) is 4.55. The zero-order valence-corrected chi connectivity index (χ0v) is 29.3. The summed E-state index contributed by atoms with van der Waals surface area (Å²) in [6, 6.07) is 5.60. The lowest BCUT2D eigenvalue weighted by Gasteiger charge is -2.57. The first kappa shape index (κ1) is 34.1. The molecule has 1 unspecified atom stereocenters. The van der Waals surface area contributed by atoms with E-state index in [0.29, 0.717) is 24.8 Å². The van der Waals surface area contributed by atoms with Crippen molar-refractivity contribution in [2.24, 2.45) is 16.7 Å². The molecule has 1 aromatic heterocycles. The number of benzene rings is 1. The van der Waals surface area contributed by atoms with Gasteiger partial charge in [-0.1, -0.05) is 27.7 Å². The van der Waals surface area contributed by atoms with Crippen molar-refractivity contribution in [3.8, 4) is 0 Å². The van der Waals surface area contributed by atoms with Gasteiger partial charge < -0.3 is 15.1 Å². The Morgan fingerprint density at radius 2 is 1.58 bits per heavy atom. The second kappa shape index (κ2) is 12.7. The first-order valence-corrected chi connectivity index (χ1v) is 17.8. The first-order chi connectivity index (χ1) is 23.7. The van der Waals surface area contributed by atoms with Crippen molar-refractivity contribution < 1.29 is 28.4 Å². The number of anilines is 2. The molecular formula is C37H46FN7O5. The van der Waals surface area contributed by atoms with Gasteiger partial charge in [-0.05, 0) is 66.7 Å². The SMILES string of the molecule is CC1(C)CC(C)(C)C1NC(=O)c1cnc(N2CCC(CN3CCN(c4ccc5c(c4)C(=O)N(C4CCC(=O)NC4=O)C5=O)CC3)CC2)c(F)c1. The Balaban J connectivity index is 0.888. The molecule has 1 atom stereocenters. The van der Waals surface area contributed by atoms with E-state index in [2.05, 4.69) is 53.1 Å². The number of carbonyl (C=O) groups is 5. The van der Waals surface area contributed by atoms with Crippen molar-refractivity contribution >= 4 is 41.0 Å². The van der Waals surface area contributed by atoms with Gasteiger partial charge >= 0.3 is 0 Å². The molecule has 1 aromatic carbocycles. The Morgan fingerprint density at radius 3 is 2.22 bits per heavy atom. The minimum absolute atomic E-state index is 0.000583. The molecule has 7 rings (SSSR count). The predicted molar refractivity (Wildman–Crippen MR) is 184 cm³/mol. The third kappa shape index (κ3) is 6.24. The number of aromatic nitrogens is 1. The summed E-state index contributed by atoms with van der Waals surface area (Å²) in [7, 11) is 0. The van der Waals surface area contributed by atoms with Crippen LogP contribution >= 0.6 is 0 Å². The van der Waals surface area contributed by atoms with E-state index in [-0.39, 0.29) is 52.3 Å². The number of nitrogens with one attached hydrogen (secondary N) is 2. The van der Waals surface area contributed by atoms with E-state index in [1.54, 1.807) is 12.1 Å². The summed E-state index contributed by atoms with van der Waals surface area (Å²) in [5.41, 5.74) is 1.67. The van der Waals surface area contributed by atoms with Gasteiger partial charge in [-0.15, -0.1) is 0 Å². The topological polar surface area (TPSA) is 135 Å². The normalized spacial score (nSPS) is 24.3. The van der Waals surface area contributed by atoms with E-state index >= 15 is 4.39 Å². The molecule has 50 heavy (non-hydrogen) atoms. The predicted octanol–water partition coefficient (Wildman–Crippen LogP) is 3.22. The lowest BCUT2D eigenvalue weighted by Crippen LogP contribution is -2.63. The third-order valence-electron chi connectivity index (χ3n) is 11.4. The molecule has 4 fully saturated rings. The fourth-order valence-electron chi connectivity index (χ4n) is 9.23. The average molecular weight is 688 g/mol. The van der Waals surface area contributed by atoms with Gasteiger partial charge in [0.1, 0.15) is 6.04 Å². The Morgan fingerprint density at radius 1 is 0.900 bits per heavy atom. The van der Waals surface area contributed by atoms with E-state index in [0.717, 1.165) is 62.6 Å². The molecule has 4 aliphatic heterocycles. The molecule has 13 heteroatoms. The van der Waals surface area contributed by atoms with E-state index in [1.165, 1.54) is 12.3 Å². The number of nitrogens with zero attached hydrogens (tertiary/aromatic N) is 5. The van der Waals surface area contributed by atoms with Crippen LogP contribution in [0.4, 0.5) is 15.9 Å². The number of pyridine rings is 1. The number of hydrogen-bond donors (Lipinski definition) is 2. The Labute approximate surface area is 291 Å². The minimum atomic E-state index is -0.981. The van der Waals surface area contributed by atoms with Crippen molar-refractivity contribution in [2.45, 2.75) is 71.9 Å². The molecule has 1 saturated carbocycles. The van der Waals surface area contributed by atoms with Crippen LogP contribution in [0.25, 0.3) is 0 Å². The fraction of sp³-hybridized carbons (Fsp3) is 0.568. The highest BCUT2D eigenvalue weighted by Crippen LogP contribution is 2.53. The zero-order chi connectivity index (χ0) is 35.5. The van der Waals surface area contributed by atoms with Crippen LogP contribution in [0.1, 0.15) is 90.9 Å². The molecule has 0 spiro atoms. The maximum absolute atomic E-state index is 15.3. The van der Waals surface area contributed by atoms with Gasteiger partial charge in [0.25, 0.3) is 17.7 Å². The second-order valence-electron chi connectivity index (χ2n) is 16.0. The summed E-state index contributed by atoms with van der Waals surface area (Å²) in [6.45, 7) is 14.1. The largest absolute Gasteiger partial charge is 0.369 e. The minimum Gasteiger partial charge on any atom is -0.369 e. The molecule has 3 saturated heterocycles. The standard InChI is InChI=1S/C37H46FN7O5/c1-36(2)21-37(3,4)35(36)41-31(47)23-17-27(38)30(39-19-23)44-11-9-22(10-12-44)20-42-13-15-43(16-14-42)24-5-6-25-26(18-24)34(50)45(33(25)49)28-7-8-29(46)40-32(28)48/h5-6,17-19,22,28,35H,7-16,20-21H2,1-4H3,(H,41,47)(H,40,46,48). The van der Waals surface area contributed by atoms with Gasteiger partial charge in [0.15, 0.2) is 11.6 Å². The van der Waals surface area contributed by atoms with Gasteiger partial charge in [0.2, 0.25) is 11.8 Å². The quantitative estimate of drug-likeness (QED) is 0.421. The zero-order valence-electron chi connectivity index (χ0n) is 29.3. The lowest BCUT2D eigenvalue weighted by molar-refractivity contribution is -0.136. The molecule has 12 nitrogen and oxygen atoms in total. The summed E-state index contributed by atoms with van der Waals surface area (Å²) in [5.74, 6) is -2.00. The lowest BCUT2D eigenvalue weighted by atomic mass is 9.52. The number of halogens is 1. The highest BCUT2D eigenvalue weighted by atomic mass is 19.1. The number of carbonyl (C=O) groups excluding carboxylic acids is 5. The molecule has 5 amide bonds. The summed E-state index contributed by atoms with van der Waals surface area (Å²) < 4.78 is 15.3. The van der Waals surface area contributed by atoms with E-state index in [4.69, 9.17) is 0 Å². The molecule has 2 aromatic rings. The molecule has 5 heterocycles. The van der Waals surface area contributed by atoms with Crippen molar-refractivity contribution in [3.05, 3.63) is 53.0 Å². The Hall–Kier alpha value is -4.39. The number of fused-ring (bicyclic) bond motifs is 1. The van der Waals surface area contributed by atoms with Crippen LogP contribution in [0.2, 0.25) is 0 Å². The van der Waals surface area contributed by atoms with Crippen LogP contribution in [0.3, 0.4) is 0 Å². The molecule has 0 radical (unpaired) electrons. The molecule has 1 aliphatic carbocycles. The summed E-state index contributed by atoms with van der Waals surface area (Å²) >= 11 is 0. The van der Waals surface area contributed by atoms with Gasteiger partial charge in [-0.3, -0.25) is 39.1 Å². The third-order valence-corrected chi connectivity index (χ3v) is 11.4. The van der Waals surface area contributed by atoms with Gasteiger partial charge in [0.05, 0.1) is 16.7 Å². The van der Waals surface area contributed by atoms with E-state index in [1.807, 2.05) is 11.0 Å². The Bertz CT molecular complexity index is 1730. The second-order valence-corrected chi connectivity index (χ2v) is 16.0. The van der Waals surface area contributed by atoms with Crippen LogP contribution in [0, 0.1) is 22.6 Å². The molecule has 266 valence electrons. The van der Waals surface area contributed by atoms with Gasteiger partial charge in [-0.25, -0.2) is 9.37 Å². The fourth-order valence-corrected chi connectivity index (χ4v) is 9.23. The number of rotatable bonds is 7. The number of piperidine rings is 2. The molecule has 5 aliphatic rings. The number of imide groups is 2. The van der Waals surface area contributed by atoms with Crippen molar-refractivity contribution in [3.63, 3.8) is 0 Å². The van der Waals surface area contributed by atoms with Crippen LogP contribution < -0.4 is 20.4 Å². The van der Waals surface area contributed by atoms with Crippen LogP contribution in [0.15, 0.2) is 30.5 Å². The van der Waals surface area contributed by atoms with E-state index in [9.17, 15) is 24.0 Å². The summed E-state index contributed by atoms with van der Waals surface area (Å²) in [4.78, 5) is 75.3. The Kier molecular flexibility index (Phi) is 8.68. The highest BCUT2D eigenvalue weighted by molar-refractivity contribution is 6.23. The van der Waals surface area contributed by atoms with Gasteiger partial charge in [0, 0.05) is 70.2 Å². The van der Waals surface area contributed by atoms with Crippen LogP contribution in [-0.4, -0.2) is 102 Å². The van der Waals surface area contributed by atoms with Crippen LogP contribution in [0.5, 0.6) is 0 Å². The summed E-state index contributed by atoms with van der Waals surface area (Å²) in [5, 5.41) is 5.34. The number of amides is 5.